The standard InChI is InChI=1S/C14H13IN4OS/c1-16-14-12(15)10(7-20-2)18-13(19-14)8-5-11-9(17-6-8)3-4-21-11/h3-6H,7H2,1-2H3,(H,16,18,19). The molecule has 0 aliphatic carbocycles. The van der Waals surface area contributed by atoms with Gasteiger partial charge in [0.1, 0.15) is 5.82 Å². The Balaban J connectivity index is 2.13. The van der Waals surface area contributed by atoms with Crippen molar-refractivity contribution in [1.29, 1.82) is 0 Å². The van der Waals surface area contributed by atoms with Crippen molar-refractivity contribution in [3.63, 3.8) is 0 Å². The summed E-state index contributed by atoms with van der Waals surface area (Å²) in [5.74, 6) is 1.47. The van der Waals surface area contributed by atoms with Gasteiger partial charge in [-0.2, -0.15) is 0 Å². The molecule has 0 radical (unpaired) electrons. The smallest absolute Gasteiger partial charge is 0.163 e. The number of ether oxygens (including phenoxy) is 1. The van der Waals surface area contributed by atoms with Crippen molar-refractivity contribution in [2.24, 2.45) is 0 Å². The molecular formula is C14H13IN4OS. The van der Waals surface area contributed by atoms with Crippen LogP contribution in [-0.2, 0) is 11.3 Å². The Morgan fingerprint density at radius 2 is 2.24 bits per heavy atom. The number of halogens is 1. The number of aromatic nitrogens is 3. The van der Waals surface area contributed by atoms with Crippen LogP contribution in [0.15, 0.2) is 23.7 Å². The minimum absolute atomic E-state index is 0.456. The summed E-state index contributed by atoms with van der Waals surface area (Å²) in [6.07, 6.45) is 1.81. The Kier molecular flexibility index (Phi) is 4.32. The van der Waals surface area contributed by atoms with E-state index in [0.717, 1.165) is 30.9 Å². The number of nitrogens with one attached hydrogen (secondary N) is 1. The van der Waals surface area contributed by atoms with Gasteiger partial charge in [-0.15, -0.1) is 11.3 Å². The predicted octanol–water partition coefficient (Wildman–Crippen LogP) is 3.55. The fraction of sp³-hybridized carbons (Fsp3) is 0.214. The van der Waals surface area contributed by atoms with Gasteiger partial charge in [0.15, 0.2) is 5.82 Å². The first kappa shape index (κ1) is 14.6. The van der Waals surface area contributed by atoms with Gasteiger partial charge in [-0.1, -0.05) is 0 Å². The van der Waals surface area contributed by atoms with E-state index in [4.69, 9.17) is 4.74 Å². The molecular weight excluding hydrogens is 399 g/mol. The molecule has 3 rings (SSSR count). The van der Waals surface area contributed by atoms with Crippen LogP contribution in [0.25, 0.3) is 21.6 Å². The molecule has 1 N–H and O–H groups in total. The third-order valence-corrected chi connectivity index (χ3v) is 4.99. The maximum absolute atomic E-state index is 5.22. The first-order chi connectivity index (χ1) is 10.2. The summed E-state index contributed by atoms with van der Waals surface area (Å²) in [7, 11) is 3.52. The summed E-state index contributed by atoms with van der Waals surface area (Å²) >= 11 is 3.90. The van der Waals surface area contributed by atoms with Gasteiger partial charge in [0.05, 0.1) is 26.1 Å². The monoisotopic (exact) mass is 412 g/mol. The Morgan fingerprint density at radius 3 is 3.00 bits per heavy atom. The lowest BCUT2D eigenvalue weighted by Crippen LogP contribution is -2.06. The second kappa shape index (κ2) is 6.20. The normalized spacial score (nSPS) is 11.0. The number of thiophene rings is 1. The van der Waals surface area contributed by atoms with E-state index in [-0.39, 0.29) is 0 Å². The third-order valence-electron chi connectivity index (χ3n) is 3.00. The van der Waals surface area contributed by atoms with Crippen LogP contribution in [-0.4, -0.2) is 29.1 Å². The van der Waals surface area contributed by atoms with Crippen molar-refractivity contribution in [3.05, 3.63) is 33.0 Å². The molecule has 108 valence electrons. The van der Waals surface area contributed by atoms with Crippen molar-refractivity contribution in [1.82, 2.24) is 15.0 Å². The molecule has 3 aromatic rings. The largest absolute Gasteiger partial charge is 0.378 e. The van der Waals surface area contributed by atoms with Crippen LogP contribution in [0.1, 0.15) is 5.69 Å². The van der Waals surface area contributed by atoms with Gasteiger partial charge >= 0.3 is 0 Å². The van der Waals surface area contributed by atoms with E-state index in [0.29, 0.717) is 12.4 Å². The maximum Gasteiger partial charge on any atom is 0.163 e. The molecule has 0 saturated heterocycles. The van der Waals surface area contributed by atoms with Crippen LogP contribution < -0.4 is 5.32 Å². The molecule has 21 heavy (non-hydrogen) atoms. The number of hydrogen-bond acceptors (Lipinski definition) is 6. The number of fused-ring (bicyclic) bond motifs is 1. The van der Waals surface area contributed by atoms with Crippen molar-refractivity contribution in [2.75, 3.05) is 19.5 Å². The lowest BCUT2D eigenvalue weighted by Gasteiger charge is -2.10. The molecule has 0 amide bonds. The lowest BCUT2D eigenvalue weighted by atomic mass is 10.2. The summed E-state index contributed by atoms with van der Waals surface area (Å²) in [6.45, 7) is 0.456. The van der Waals surface area contributed by atoms with E-state index in [1.807, 2.05) is 24.7 Å². The van der Waals surface area contributed by atoms with Gasteiger partial charge in [0.25, 0.3) is 0 Å². The average Bonchev–Trinajstić information content (AvgIpc) is 2.97. The number of pyridine rings is 1. The zero-order valence-electron chi connectivity index (χ0n) is 11.6. The molecule has 0 fully saturated rings. The number of hydrogen-bond donors (Lipinski definition) is 1. The van der Waals surface area contributed by atoms with Crippen LogP contribution in [0.4, 0.5) is 5.82 Å². The van der Waals surface area contributed by atoms with E-state index in [1.165, 1.54) is 0 Å². The molecule has 0 aliphatic rings. The molecule has 7 heteroatoms. The van der Waals surface area contributed by atoms with Crippen LogP contribution in [0, 0.1) is 3.57 Å². The summed E-state index contributed by atoms with van der Waals surface area (Å²) in [5.41, 5.74) is 2.79. The number of nitrogens with zero attached hydrogens (tertiary/aromatic N) is 3. The first-order valence-corrected chi connectivity index (χ1v) is 8.25. The van der Waals surface area contributed by atoms with Gasteiger partial charge < -0.3 is 10.1 Å². The Bertz CT molecular complexity index is 790. The van der Waals surface area contributed by atoms with Crippen molar-refractivity contribution in [2.45, 2.75) is 6.61 Å². The average molecular weight is 412 g/mol. The molecule has 5 nitrogen and oxygen atoms in total. The topological polar surface area (TPSA) is 59.9 Å². The summed E-state index contributed by atoms with van der Waals surface area (Å²) in [6, 6.07) is 4.08. The third kappa shape index (κ3) is 2.85. The van der Waals surface area contributed by atoms with E-state index in [1.54, 1.807) is 18.4 Å². The maximum atomic E-state index is 5.22. The van der Waals surface area contributed by atoms with Gasteiger partial charge in [-0.3, -0.25) is 4.98 Å². The number of anilines is 1. The molecule has 3 heterocycles. The molecule has 0 atom stereocenters. The molecule has 0 aromatic carbocycles. The number of rotatable bonds is 4. The highest BCUT2D eigenvalue weighted by Crippen LogP contribution is 2.27. The quantitative estimate of drug-likeness (QED) is 0.665. The molecule has 0 aliphatic heterocycles. The van der Waals surface area contributed by atoms with Crippen LogP contribution in [0.5, 0.6) is 0 Å². The number of methoxy groups -OCH3 is 1. The zero-order chi connectivity index (χ0) is 14.8. The highest BCUT2D eigenvalue weighted by molar-refractivity contribution is 14.1. The summed E-state index contributed by atoms with van der Waals surface area (Å²) in [5, 5.41) is 5.14. The fourth-order valence-corrected chi connectivity index (χ4v) is 3.44. The minimum Gasteiger partial charge on any atom is -0.378 e. The summed E-state index contributed by atoms with van der Waals surface area (Å²) in [4.78, 5) is 13.6. The molecule has 0 saturated carbocycles. The van der Waals surface area contributed by atoms with E-state index in [9.17, 15) is 0 Å². The van der Waals surface area contributed by atoms with Gasteiger partial charge in [-0.25, -0.2) is 9.97 Å². The van der Waals surface area contributed by atoms with E-state index >= 15 is 0 Å². The van der Waals surface area contributed by atoms with Gasteiger partial charge in [0, 0.05) is 25.9 Å². The van der Waals surface area contributed by atoms with Crippen LogP contribution in [0.3, 0.4) is 0 Å². The Labute approximate surface area is 139 Å². The highest BCUT2D eigenvalue weighted by atomic mass is 127. The first-order valence-electron chi connectivity index (χ1n) is 6.29. The second-order valence-electron chi connectivity index (χ2n) is 4.37. The highest BCUT2D eigenvalue weighted by Gasteiger charge is 2.13. The van der Waals surface area contributed by atoms with Crippen molar-refractivity contribution < 1.29 is 4.74 Å². The Hall–Kier alpha value is -1.32. The Morgan fingerprint density at radius 1 is 1.38 bits per heavy atom. The molecule has 0 bridgehead atoms. The van der Waals surface area contributed by atoms with Crippen molar-refractivity contribution >= 4 is 50.0 Å². The minimum atomic E-state index is 0.456. The predicted molar refractivity (Wildman–Crippen MR) is 93.6 cm³/mol. The summed E-state index contributed by atoms with van der Waals surface area (Å²) < 4.78 is 7.33. The SMILES string of the molecule is CNc1nc(-c2cnc3ccsc3c2)nc(COC)c1I. The van der Waals surface area contributed by atoms with E-state index < -0.39 is 0 Å². The van der Waals surface area contributed by atoms with Gasteiger partial charge in [-0.05, 0) is 40.1 Å². The van der Waals surface area contributed by atoms with Gasteiger partial charge in [0.2, 0.25) is 0 Å². The van der Waals surface area contributed by atoms with Crippen LogP contribution in [0.2, 0.25) is 0 Å². The van der Waals surface area contributed by atoms with Crippen LogP contribution >= 0.6 is 33.9 Å². The second-order valence-corrected chi connectivity index (χ2v) is 6.39. The molecule has 3 aromatic heterocycles. The molecule has 0 spiro atoms. The zero-order valence-corrected chi connectivity index (χ0v) is 14.5. The lowest BCUT2D eigenvalue weighted by molar-refractivity contribution is 0.181. The molecule has 0 unspecified atom stereocenters. The fourth-order valence-electron chi connectivity index (χ4n) is 1.99. The van der Waals surface area contributed by atoms with Crippen molar-refractivity contribution in [3.8, 4) is 11.4 Å². The van der Waals surface area contributed by atoms with E-state index in [2.05, 4.69) is 48.9 Å².